The summed E-state index contributed by atoms with van der Waals surface area (Å²) in [6.45, 7) is 5.60. The molecule has 9 heteroatoms. The Kier molecular flexibility index (Phi) is 4.55. The predicted octanol–water partition coefficient (Wildman–Crippen LogP) is 3.34. The van der Waals surface area contributed by atoms with Crippen LogP contribution < -0.4 is 4.74 Å². The molecule has 3 atom stereocenters. The van der Waals surface area contributed by atoms with E-state index < -0.39 is 11.9 Å². The van der Waals surface area contributed by atoms with Crippen molar-refractivity contribution in [3.63, 3.8) is 0 Å². The van der Waals surface area contributed by atoms with Crippen LogP contribution in [0.15, 0.2) is 24.3 Å². The van der Waals surface area contributed by atoms with Crippen LogP contribution in [0.3, 0.4) is 0 Å². The molecule has 2 aliphatic rings. The number of ether oxygens (including phenoxy) is 1. The number of hydrogen-bond acceptors (Lipinski definition) is 4. The van der Waals surface area contributed by atoms with Crippen molar-refractivity contribution in [2.24, 2.45) is 17.8 Å². The van der Waals surface area contributed by atoms with Crippen molar-refractivity contribution in [3.05, 3.63) is 41.3 Å². The molecular weight excluding hydrogens is 373 g/mol. The van der Waals surface area contributed by atoms with Crippen LogP contribution in [0.5, 0.6) is 5.88 Å². The number of aromatic amines is 1. The molecule has 2 aromatic heterocycles. The molecule has 4 rings (SSSR count). The Morgan fingerprint density at radius 1 is 1.32 bits per heavy atom. The molecule has 28 heavy (non-hydrogen) atoms. The summed E-state index contributed by atoms with van der Waals surface area (Å²) >= 11 is 0. The van der Waals surface area contributed by atoms with E-state index in [0.717, 1.165) is 11.8 Å². The van der Waals surface area contributed by atoms with Gasteiger partial charge >= 0.3 is 6.18 Å². The molecule has 0 aromatic carbocycles. The summed E-state index contributed by atoms with van der Waals surface area (Å²) in [6, 6.07) is 5.42. The average Bonchev–Trinajstić information content (AvgIpc) is 3.05. The van der Waals surface area contributed by atoms with Crippen LogP contribution >= 0.6 is 0 Å². The first-order valence-corrected chi connectivity index (χ1v) is 9.25. The number of rotatable bonds is 5. The number of alkyl halides is 3. The highest BCUT2D eigenvalue weighted by atomic mass is 19.4. The van der Waals surface area contributed by atoms with Gasteiger partial charge in [0.25, 0.3) is 5.91 Å². The number of pyridine rings is 1. The van der Waals surface area contributed by atoms with Crippen LogP contribution in [0, 0.1) is 17.8 Å². The number of halogens is 3. The molecule has 1 aliphatic carbocycles. The minimum Gasteiger partial charge on any atom is -0.477 e. The van der Waals surface area contributed by atoms with Crippen molar-refractivity contribution in [2.45, 2.75) is 25.9 Å². The van der Waals surface area contributed by atoms with Gasteiger partial charge in [0, 0.05) is 25.1 Å². The van der Waals surface area contributed by atoms with Crippen LogP contribution in [0.4, 0.5) is 13.2 Å². The average molecular weight is 394 g/mol. The van der Waals surface area contributed by atoms with Crippen LogP contribution in [0.1, 0.15) is 41.6 Å². The molecule has 1 amide bonds. The number of nitrogens with zero attached hydrogens (tertiary/aromatic N) is 3. The van der Waals surface area contributed by atoms with Gasteiger partial charge in [-0.3, -0.25) is 9.89 Å². The molecule has 3 heterocycles. The van der Waals surface area contributed by atoms with Crippen LogP contribution in [0.25, 0.3) is 0 Å². The number of H-pyrrole nitrogens is 1. The number of nitrogens with one attached hydrogen (secondary N) is 1. The zero-order valence-corrected chi connectivity index (χ0v) is 15.5. The Bertz CT molecular complexity index is 868. The molecule has 6 nitrogen and oxygen atoms in total. The number of aromatic nitrogens is 3. The topological polar surface area (TPSA) is 71.1 Å². The van der Waals surface area contributed by atoms with Crippen molar-refractivity contribution in [3.8, 4) is 5.88 Å². The lowest BCUT2D eigenvalue weighted by molar-refractivity contribution is -0.141. The Morgan fingerprint density at radius 2 is 2.04 bits per heavy atom. The zero-order valence-electron chi connectivity index (χ0n) is 15.5. The van der Waals surface area contributed by atoms with Gasteiger partial charge in [-0.2, -0.15) is 18.3 Å². The third-order valence-electron chi connectivity index (χ3n) is 5.52. The minimum atomic E-state index is -4.49. The molecule has 1 aliphatic heterocycles. The smallest absolute Gasteiger partial charge is 0.433 e. The van der Waals surface area contributed by atoms with Crippen molar-refractivity contribution < 1.29 is 22.7 Å². The lowest BCUT2D eigenvalue weighted by Crippen LogP contribution is -2.32. The molecule has 150 valence electrons. The number of fused-ring (bicyclic) bond motifs is 1. The van der Waals surface area contributed by atoms with Gasteiger partial charge in [0.1, 0.15) is 11.4 Å². The number of carbonyl (C=O) groups is 1. The van der Waals surface area contributed by atoms with Gasteiger partial charge in [-0.15, -0.1) is 0 Å². The quantitative estimate of drug-likeness (QED) is 0.844. The van der Waals surface area contributed by atoms with Crippen LogP contribution in [-0.2, 0) is 6.18 Å². The number of likely N-dealkylation sites (tertiary alicyclic amines) is 1. The van der Waals surface area contributed by atoms with Gasteiger partial charge in [0.2, 0.25) is 5.88 Å². The summed E-state index contributed by atoms with van der Waals surface area (Å²) in [6.07, 6.45) is -4.49. The molecule has 0 radical (unpaired) electrons. The standard InChI is InChI=1S/C19H21F3N4O2/c1-10(2)14-6-15(25-24-14)18(27)26-7-11-12(8-26)13(11)9-28-17-5-3-4-16(23-17)19(20,21)22/h3-6,10-13H,7-9H2,1-2H3,(H,24,25)/t11-,12+,13?. The Labute approximate surface area is 160 Å². The van der Waals surface area contributed by atoms with Gasteiger partial charge in [0.05, 0.1) is 12.3 Å². The Morgan fingerprint density at radius 3 is 2.64 bits per heavy atom. The summed E-state index contributed by atoms with van der Waals surface area (Å²) in [5, 5.41) is 6.96. The van der Waals surface area contributed by atoms with E-state index in [2.05, 4.69) is 15.2 Å². The first-order valence-electron chi connectivity index (χ1n) is 9.25. The van der Waals surface area contributed by atoms with Gasteiger partial charge in [-0.25, -0.2) is 4.98 Å². The number of piperidine rings is 1. The third kappa shape index (κ3) is 3.57. The lowest BCUT2D eigenvalue weighted by Gasteiger charge is -2.19. The maximum absolute atomic E-state index is 12.7. The normalized spacial score (nSPS) is 23.8. The number of carbonyl (C=O) groups excluding carboxylic acids is 1. The largest absolute Gasteiger partial charge is 0.477 e. The zero-order chi connectivity index (χ0) is 20.1. The van der Waals surface area contributed by atoms with Crippen molar-refractivity contribution in [1.29, 1.82) is 0 Å². The fraction of sp³-hybridized carbons (Fsp3) is 0.526. The monoisotopic (exact) mass is 394 g/mol. The first-order chi connectivity index (χ1) is 13.2. The molecule has 1 unspecified atom stereocenters. The maximum Gasteiger partial charge on any atom is 0.433 e. The molecule has 1 saturated carbocycles. The number of hydrogen-bond donors (Lipinski definition) is 1. The lowest BCUT2D eigenvalue weighted by atomic mass is 10.1. The van der Waals surface area contributed by atoms with Gasteiger partial charge in [-0.05, 0) is 29.9 Å². The minimum absolute atomic E-state index is 0.0218. The highest BCUT2D eigenvalue weighted by Crippen LogP contribution is 2.52. The second-order valence-corrected chi connectivity index (χ2v) is 7.73. The van der Waals surface area contributed by atoms with Crippen molar-refractivity contribution in [2.75, 3.05) is 19.7 Å². The van der Waals surface area contributed by atoms with E-state index in [0.29, 0.717) is 37.2 Å². The Hall–Kier alpha value is -2.58. The number of amides is 1. The highest BCUT2D eigenvalue weighted by Gasteiger charge is 2.57. The molecule has 1 saturated heterocycles. The molecule has 1 N–H and O–H groups in total. The predicted molar refractivity (Wildman–Crippen MR) is 93.8 cm³/mol. The maximum atomic E-state index is 12.7. The molecule has 0 spiro atoms. The van der Waals surface area contributed by atoms with Crippen molar-refractivity contribution in [1.82, 2.24) is 20.1 Å². The van der Waals surface area contributed by atoms with Crippen molar-refractivity contribution >= 4 is 5.91 Å². The second kappa shape index (κ2) is 6.79. The first kappa shape index (κ1) is 18.8. The van der Waals surface area contributed by atoms with E-state index in [1.165, 1.54) is 12.1 Å². The highest BCUT2D eigenvalue weighted by molar-refractivity contribution is 5.92. The molecule has 0 bridgehead atoms. The summed E-state index contributed by atoms with van der Waals surface area (Å²) in [5.41, 5.74) is 0.386. The van der Waals surface area contributed by atoms with Crippen LogP contribution in [-0.4, -0.2) is 45.7 Å². The Balaban J connectivity index is 1.29. The molecule has 2 fully saturated rings. The van der Waals surface area contributed by atoms with Gasteiger partial charge < -0.3 is 9.64 Å². The van der Waals surface area contributed by atoms with E-state index in [1.54, 1.807) is 11.0 Å². The summed E-state index contributed by atoms with van der Waals surface area (Å²) in [5.74, 6) is 1.05. The van der Waals surface area contributed by atoms with E-state index in [1.807, 2.05) is 13.8 Å². The summed E-state index contributed by atoms with van der Waals surface area (Å²) in [7, 11) is 0. The fourth-order valence-corrected chi connectivity index (χ4v) is 3.81. The summed E-state index contributed by atoms with van der Waals surface area (Å²) < 4.78 is 43.6. The van der Waals surface area contributed by atoms with Crippen LogP contribution in [0.2, 0.25) is 0 Å². The SMILES string of the molecule is CC(C)c1cc(C(=O)N2C[C@@H]3C(COc4cccc(C(F)(F)F)n4)[C@@H]3C2)[nH]n1. The molecule has 2 aromatic rings. The fourth-order valence-electron chi connectivity index (χ4n) is 3.81. The van der Waals surface area contributed by atoms with E-state index in [4.69, 9.17) is 4.74 Å². The van der Waals surface area contributed by atoms with E-state index >= 15 is 0 Å². The van der Waals surface area contributed by atoms with Gasteiger partial charge in [-0.1, -0.05) is 19.9 Å². The second-order valence-electron chi connectivity index (χ2n) is 7.73. The summed E-state index contributed by atoms with van der Waals surface area (Å²) in [4.78, 5) is 17.9. The van der Waals surface area contributed by atoms with Gasteiger partial charge in [0.15, 0.2) is 0 Å². The van der Waals surface area contributed by atoms with E-state index in [-0.39, 0.29) is 23.6 Å². The van der Waals surface area contributed by atoms with E-state index in [9.17, 15) is 18.0 Å². The molecular formula is C19H21F3N4O2. The third-order valence-corrected chi connectivity index (χ3v) is 5.52.